The van der Waals surface area contributed by atoms with Gasteiger partial charge >= 0.3 is 5.97 Å². The fourth-order valence-corrected chi connectivity index (χ4v) is 1.46. The average Bonchev–Trinajstić information content (AvgIpc) is 2.26. The smallest absolute Gasteiger partial charge is 0.307 e. The van der Waals surface area contributed by atoms with Gasteiger partial charge in [0.2, 0.25) is 5.91 Å². The topological polar surface area (TPSA) is 55.8 Å². The molecule has 0 saturated carbocycles. The van der Waals surface area contributed by atoms with Crippen molar-refractivity contribution < 1.29 is 19.1 Å². The van der Waals surface area contributed by atoms with Gasteiger partial charge in [0.25, 0.3) is 0 Å². The second-order valence-corrected chi connectivity index (χ2v) is 5.44. The van der Waals surface area contributed by atoms with Crippen molar-refractivity contribution in [1.29, 1.82) is 0 Å². The van der Waals surface area contributed by atoms with Crippen molar-refractivity contribution in [2.45, 2.75) is 33.6 Å². The van der Waals surface area contributed by atoms with Crippen molar-refractivity contribution in [2.24, 2.45) is 5.41 Å². The monoisotopic (exact) mass is 259 g/mol. The Morgan fingerprint density at radius 2 is 1.72 bits per heavy atom. The lowest BCUT2D eigenvalue weighted by Crippen LogP contribution is -2.37. The van der Waals surface area contributed by atoms with Crippen molar-refractivity contribution in [3.63, 3.8) is 0 Å². The summed E-state index contributed by atoms with van der Waals surface area (Å²) in [7, 11) is 2.94. The van der Waals surface area contributed by atoms with Gasteiger partial charge in [-0.2, -0.15) is 0 Å². The molecule has 0 unspecified atom stereocenters. The fourth-order valence-electron chi connectivity index (χ4n) is 1.46. The van der Waals surface area contributed by atoms with Crippen LogP contribution in [0.15, 0.2) is 0 Å². The molecule has 0 aliphatic rings. The van der Waals surface area contributed by atoms with Crippen LogP contribution in [-0.2, 0) is 19.1 Å². The number of carbonyl (C=O) groups excluding carboxylic acids is 2. The van der Waals surface area contributed by atoms with Gasteiger partial charge in [-0.1, -0.05) is 20.8 Å². The minimum Gasteiger partial charge on any atom is -0.469 e. The molecule has 0 aliphatic heterocycles. The summed E-state index contributed by atoms with van der Waals surface area (Å²) in [5, 5.41) is 0. The van der Waals surface area contributed by atoms with Crippen LogP contribution in [0.3, 0.4) is 0 Å². The Morgan fingerprint density at radius 3 is 2.17 bits per heavy atom. The molecule has 1 amide bonds. The Balaban J connectivity index is 4.37. The van der Waals surface area contributed by atoms with Crippen LogP contribution in [0.4, 0.5) is 0 Å². The van der Waals surface area contributed by atoms with Gasteiger partial charge in [-0.15, -0.1) is 0 Å². The van der Waals surface area contributed by atoms with E-state index in [9.17, 15) is 9.59 Å². The highest BCUT2D eigenvalue weighted by molar-refractivity contribution is 5.77. The number of amides is 1. The first-order valence-corrected chi connectivity index (χ1v) is 6.13. The van der Waals surface area contributed by atoms with Gasteiger partial charge < -0.3 is 14.4 Å². The molecule has 0 aromatic rings. The first kappa shape index (κ1) is 16.9. The molecule has 0 aromatic heterocycles. The van der Waals surface area contributed by atoms with Gasteiger partial charge in [-0.05, 0) is 5.41 Å². The molecule has 0 radical (unpaired) electrons. The van der Waals surface area contributed by atoms with Crippen LogP contribution in [0, 0.1) is 5.41 Å². The highest BCUT2D eigenvalue weighted by Gasteiger charge is 2.21. The zero-order valence-electron chi connectivity index (χ0n) is 12.1. The molecule has 0 aliphatic carbocycles. The normalized spacial score (nSPS) is 11.2. The molecule has 0 aromatic carbocycles. The lowest BCUT2D eigenvalue weighted by Gasteiger charge is -2.26. The fraction of sp³-hybridized carbons (Fsp3) is 0.846. The average molecular weight is 259 g/mol. The van der Waals surface area contributed by atoms with E-state index < -0.39 is 0 Å². The zero-order chi connectivity index (χ0) is 14.2. The summed E-state index contributed by atoms with van der Waals surface area (Å²) in [6, 6.07) is 0. The maximum atomic E-state index is 12.1. The zero-order valence-corrected chi connectivity index (χ0v) is 12.1. The van der Waals surface area contributed by atoms with E-state index in [1.165, 1.54) is 7.11 Å². The Labute approximate surface area is 109 Å². The van der Waals surface area contributed by atoms with E-state index in [4.69, 9.17) is 4.74 Å². The quantitative estimate of drug-likeness (QED) is 0.650. The Kier molecular flexibility index (Phi) is 7.59. The third-order valence-electron chi connectivity index (χ3n) is 2.41. The summed E-state index contributed by atoms with van der Waals surface area (Å²) >= 11 is 0. The lowest BCUT2D eigenvalue weighted by molar-refractivity contribution is -0.142. The highest BCUT2D eigenvalue weighted by Crippen LogP contribution is 2.19. The van der Waals surface area contributed by atoms with Crippen molar-refractivity contribution >= 4 is 11.9 Å². The summed E-state index contributed by atoms with van der Waals surface area (Å²) in [5.74, 6) is -0.260. The van der Waals surface area contributed by atoms with Crippen molar-refractivity contribution in [2.75, 3.05) is 33.9 Å². The number of carbonyl (C=O) groups is 2. The van der Waals surface area contributed by atoms with Crippen molar-refractivity contribution in [1.82, 2.24) is 4.90 Å². The Bertz CT molecular complexity index is 271. The van der Waals surface area contributed by atoms with E-state index in [1.54, 1.807) is 12.0 Å². The summed E-state index contributed by atoms with van der Waals surface area (Å²) in [6.07, 6.45) is 0.675. The number of esters is 1. The summed E-state index contributed by atoms with van der Waals surface area (Å²) in [4.78, 5) is 24.8. The maximum absolute atomic E-state index is 12.1. The Morgan fingerprint density at radius 1 is 1.11 bits per heavy atom. The highest BCUT2D eigenvalue weighted by atomic mass is 16.5. The molecule has 0 atom stereocenters. The molecule has 5 heteroatoms. The van der Waals surface area contributed by atoms with Crippen molar-refractivity contribution in [3.8, 4) is 0 Å². The molecule has 106 valence electrons. The van der Waals surface area contributed by atoms with Gasteiger partial charge in [0.15, 0.2) is 0 Å². The second-order valence-electron chi connectivity index (χ2n) is 5.44. The van der Waals surface area contributed by atoms with E-state index in [2.05, 4.69) is 4.74 Å². The van der Waals surface area contributed by atoms with E-state index in [-0.39, 0.29) is 23.7 Å². The van der Waals surface area contributed by atoms with Gasteiger partial charge in [0.1, 0.15) is 0 Å². The van der Waals surface area contributed by atoms with E-state index >= 15 is 0 Å². The number of methoxy groups -OCH3 is 2. The molecule has 0 rings (SSSR count). The first-order chi connectivity index (χ1) is 8.30. The van der Waals surface area contributed by atoms with Crippen LogP contribution < -0.4 is 0 Å². The largest absolute Gasteiger partial charge is 0.469 e. The number of hydrogen-bond donors (Lipinski definition) is 0. The molecule has 0 spiro atoms. The minimum absolute atomic E-state index is 0.0449. The third kappa shape index (κ3) is 8.06. The lowest BCUT2D eigenvalue weighted by atomic mass is 9.91. The van der Waals surface area contributed by atoms with Crippen LogP contribution in [0.2, 0.25) is 0 Å². The summed E-state index contributed by atoms with van der Waals surface area (Å²) in [6.45, 7) is 7.39. The van der Waals surface area contributed by atoms with Crippen molar-refractivity contribution in [3.05, 3.63) is 0 Å². The number of ether oxygens (including phenoxy) is 2. The number of nitrogens with zero attached hydrogens (tertiary/aromatic N) is 1. The van der Waals surface area contributed by atoms with Crippen LogP contribution >= 0.6 is 0 Å². The molecule has 0 heterocycles. The first-order valence-electron chi connectivity index (χ1n) is 6.13. The molecule has 0 saturated heterocycles. The van der Waals surface area contributed by atoms with Crippen LogP contribution in [-0.4, -0.2) is 50.7 Å². The predicted octanol–water partition coefficient (Wildman–Crippen LogP) is 1.46. The van der Waals surface area contributed by atoms with E-state index in [0.717, 1.165) is 0 Å². The van der Waals surface area contributed by atoms with Crippen LogP contribution in [0.5, 0.6) is 0 Å². The number of rotatable bonds is 7. The summed E-state index contributed by atoms with van der Waals surface area (Å²) in [5.41, 5.74) is -0.0618. The molecular weight excluding hydrogens is 234 g/mol. The van der Waals surface area contributed by atoms with Gasteiger partial charge in [-0.3, -0.25) is 9.59 Å². The van der Waals surface area contributed by atoms with E-state index in [0.29, 0.717) is 26.1 Å². The molecule has 0 N–H and O–H groups in total. The minimum atomic E-state index is -0.305. The predicted molar refractivity (Wildman–Crippen MR) is 69.2 cm³/mol. The molecular formula is C13H25NO4. The maximum Gasteiger partial charge on any atom is 0.307 e. The van der Waals surface area contributed by atoms with Gasteiger partial charge in [0, 0.05) is 26.6 Å². The Hall–Kier alpha value is -1.10. The van der Waals surface area contributed by atoms with E-state index in [1.807, 2.05) is 20.8 Å². The van der Waals surface area contributed by atoms with Crippen LogP contribution in [0.25, 0.3) is 0 Å². The molecule has 18 heavy (non-hydrogen) atoms. The van der Waals surface area contributed by atoms with Crippen LogP contribution in [0.1, 0.15) is 33.6 Å². The SMILES string of the molecule is COCCN(CCC(=O)OC)C(=O)CC(C)(C)C. The summed E-state index contributed by atoms with van der Waals surface area (Å²) < 4.78 is 9.55. The second kappa shape index (κ2) is 8.08. The number of hydrogen-bond acceptors (Lipinski definition) is 4. The van der Waals surface area contributed by atoms with Gasteiger partial charge in [0.05, 0.1) is 20.1 Å². The van der Waals surface area contributed by atoms with Gasteiger partial charge in [-0.25, -0.2) is 0 Å². The third-order valence-corrected chi connectivity index (χ3v) is 2.41. The molecule has 0 fully saturated rings. The molecule has 0 bridgehead atoms. The molecule has 5 nitrogen and oxygen atoms in total. The standard InChI is InChI=1S/C13H25NO4/c1-13(2,3)10-11(15)14(8-9-17-4)7-6-12(16)18-5/h6-10H2,1-5H3.